The predicted octanol–water partition coefficient (Wildman–Crippen LogP) is 0.472. The lowest BCUT2D eigenvalue weighted by Gasteiger charge is -2.48. The molecule has 1 aromatic rings. The van der Waals surface area contributed by atoms with Crippen LogP contribution in [0, 0.1) is 0 Å². The van der Waals surface area contributed by atoms with Crippen molar-refractivity contribution in [1.82, 2.24) is 10.2 Å². The molecular formula is C21H33F3N4O5. The molecule has 0 radical (unpaired) electrons. The van der Waals surface area contributed by atoms with Crippen LogP contribution in [-0.4, -0.2) is 86.0 Å². The number of halogens is 3. The molecule has 1 aromatic carbocycles. The first kappa shape index (κ1) is 27.1. The van der Waals surface area contributed by atoms with Gasteiger partial charge in [0.2, 0.25) is 0 Å². The predicted molar refractivity (Wildman–Crippen MR) is 115 cm³/mol. The number of amides is 2. The summed E-state index contributed by atoms with van der Waals surface area (Å²) in [5.41, 5.74) is -1.63. The molecule has 2 rings (SSSR count). The Morgan fingerprint density at radius 3 is 2.30 bits per heavy atom. The molecule has 0 bridgehead atoms. The fraction of sp³-hybridized carbons (Fsp3) is 0.667. The Hall–Kier alpha value is -2.12. The summed E-state index contributed by atoms with van der Waals surface area (Å²) in [5.74, 6) is 0. The third-order valence-electron chi connectivity index (χ3n) is 6.82. The van der Waals surface area contributed by atoms with E-state index in [0.717, 1.165) is 25.1 Å². The topological polar surface area (TPSA) is 151 Å². The van der Waals surface area contributed by atoms with E-state index in [0.29, 0.717) is 13.1 Å². The molecule has 6 atom stereocenters. The van der Waals surface area contributed by atoms with E-state index in [1.807, 2.05) is 0 Å². The summed E-state index contributed by atoms with van der Waals surface area (Å²) in [5, 5.41) is 48.8. The number of nitrogens with two attached hydrogens (primary N) is 1. The van der Waals surface area contributed by atoms with Crippen molar-refractivity contribution >= 4 is 11.7 Å². The number of carbonyl (C=O) groups excluding carboxylic acids is 1. The molecule has 0 aromatic heterocycles. The smallest absolute Gasteiger partial charge is 0.393 e. The Balaban J connectivity index is 2.59. The molecule has 8 N–H and O–H groups in total. The second-order valence-electron chi connectivity index (χ2n) is 8.53. The highest BCUT2D eigenvalue weighted by Gasteiger charge is 2.75. The van der Waals surface area contributed by atoms with Gasteiger partial charge in [0.05, 0.1) is 30.4 Å². The third kappa shape index (κ3) is 4.26. The molecular weight excluding hydrogens is 445 g/mol. The number of nitrogens with zero attached hydrogens (tertiary/aromatic N) is 1. The van der Waals surface area contributed by atoms with Crippen molar-refractivity contribution < 1.29 is 38.4 Å². The van der Waals surface area contributed by atoms with Gasteiger partial charge in [0, 0.05) is 18.8 Å². The Morgan fingerprint density at radius 1 is 1.27 bits per heavy atom. The minimum atomic E-state index is -4.63. The van der Waals surface area contributed by atoms with Crippen LogP contribution < -0.4 is 16.4 Å². The van der Waals surface area contributed by atoms with Gasteiger partial charge in [-0.1, -0.05) is 6.07 Å². The van der Waals surface area contributed by atoms with Crippen molar-refractivity contribution in [1.29, 1.82) is 0 Å². The lowest BCUT2D eigenvalue weighted by atomic mass is 9.73. The van der Waals surface area contributed by atoms with Crippen LogP contribution in [0.15, 0.2) is 24.3 Å². The maximum Gasteiger partial charge on any atom is 0.416 e. The molecule has 0 unspecified atom stereocenters. The second-order valence-corrected chi connectivity index (χ2v) is 8.53. The highest BCUT2D eigenvalue weighted by Crippen LogP contribution is 2.49. The molecule has 1 fully saturated rings. The maximum absolute atomic E-state index is 13.1. The fourth-order valence-corrected chi connectivity index (χ4v) is 4.73. The summed E-state index contributed by atoms with van der Waals surface area (Å²) in [6.45, 7) is 5.31. The first-order valence-corrected chi connectivity index (χ1v) is 10.6. The van der Waals surface area contributed by atoms with Crippen molar-refractivity contribution in [2.24, 2.45) is 5.73 Å². The molecule has 1 aliphatic rings. The number of nitrogens with one attached hydrogen (secondary N) is 2. The van der Waals surface area contributed by atoms with Gasteiger partial charge in [0.1, 0.15) is 16.7 Å². The van der Waals surface area contributed by atoms with Gasteiger partial charge >= 0.3 is 12.2 Å². The van der Waals surface area contributed by atoms with Crippen molar-refractivity contribution in [3.63, 3.8) is 0 Å². The zero-order chi connectivity index (χ0) is 25.4. The number of alkyl halides is 3. The van der Waals surface area contributed by atoms with E-state index in [1.54, 1.807) is 13.8 Å². The Bertz CT molecular complexity index is 849. The van der Waals surface area contributed by atoms with Gasteiger partial charge < -0.3 is 41.7 Å². The molecule has 0 aliphatic heterocycles. The monoisotopic (exact) mass is 478 g/mol. The molecule has 0 spiro atoms. The molecule has 9 nitrogen and oxygen atoms in total. The first-order valence-electron chi connectivity index (χ1n) is 10.6. The quantitative estimate of drug-likeness (QED) is 0.301. The van der Waals surface area contributed by atoms with Crippen LogP contribution in [0.1, 0.15) is 33.3 Å². The van der Waals surface area contributed by atoms with E-state index in [1.165, 1.54) is 17.9 Å². The van der Waals surface area contributed by atoms with Gasteiger partial charge in [-0.3, -0.25) is 0 Å². The largest absolute Gasteiger partial charge is 0.416 e. The average Bonchev–Trinajstić information content (AvgIpc) is 2.85. The third-order valence-corrected chi connectivity index (χ3v) is 6.82. The molecule has 1 saturated carbocycles. The first-order chi connectivity index (χ1) is 15.1. The number of rotatable bonds is 7. The number of aliphatic hydroxyl groups is 4. The van der Waals surface area contributed by atoms with Crippen LogP contribution in [0.4, 0.5) is 23.7 Å². The van der Waals surface area contributed by atoms with Gasteiger partial charge in [-0.25, -0.2) is 4.79 Å². The number of benzene rings is 1. The molecule has 0 heterocycles. The van der Waals surface area contributed by atoms with Crippen molar-refractivity contribution in [3.8, 4) is 0 Å². The van der Waals surface area contributed by atoms with Crippen LogP contribution in [0.5, 0.6) is 0 Å². The summed E-state index contributed by atoms with van der Waals surface area (Å²) in [7, 11) is 0. The molecule has 12 heteroatoms. The lowest BCUT2D eigenvalue weighted by molar-refractivity contribution is -0.185. The standard InChI is InChI=1S/C21H33F3N4O5/c1-5-28(6-2)17(31)27-20(12(3)30)15(25)16(19(33,11-29)18(20,4)32)26-14-9-7-8-13(10-14)21(22,23)24/h7-10,12,15-16,26,29-30,32-33H,5-6,11,25H2,1-4H3,(H,27,31)/t12-,15-,16-,18-,19+,20-/m0/s1. The van der Waals surface area contributed by atoms with Gasteiger partial charge in [0.15, 0.2) is 0 Å². The SMILES string of the molecule is CCN(CC)C(=O)N[C@@]1([C@H](C)O)[C@@H](N)[C@H](Nc2cccc(C(F)(F)F)c2)[C@](O)(CO)[C@]1(C)O. The van der Waals surface area contributed by atoms with E-state index in [2.05, 4.69) is 10.6 Å². The minimum Gasteiger partial charge on any atom is -0.393 e. The summed E-state index contributed by atoms with van der Waals surface area (Å²) in [6, 6.07) is 0.495. The summed E-state index contributed by atoms with van der Waals surface area (Å²) >= 11 is 0. The molecule has 0 saturated heterocycles. The zero-order valence-corrected chi connectivity index (χ0v) is 19.0. The lowest BCUT2D eigenvalue weighted by Crippen LogP contribution is -2.76. The fourth-order valence-electron chi connectivity index (χ4n) is 4.73. The molecule has 1 aliphatic carbocycles. The van der Waals surface area contributed by atoms with Crippen LogP contribution in [-0.2, 0) is 6.18 Å². The highest BCUT2D eigenvalue weighted by atomic mass is 19.4. The van der Waals surface area contributed by atoms with E-state index < -0.39 is 59.3 Å². The van der Waals surface area contributed by atoms with Crippen molar-refractivity contribution in [2.45, 2.75) is 68.8 Å². The van der Waals surface area contributed by atoms with E-state index in [9.17, 15) is 38.4 Å². The van der Waals surface area contributed by atoms with E-state index in [-0.39, 0.29) is 5.69 Å². The normalized spacial score (nSPS) is 33.0. The Morgan fingerprint density at radius 2 is 1.85 bits per heavy atom. The van der Waals surface area contributed by atoms with Crippen molar-refractivity contribution in [3.05, 3.63) is 29.8 Å². The second kappa shape index (κ2) is 9.26. The summed E-state index contributed by atoms with van der Waals surface area (Å²) < 4.78 is 39.4. The highest BCUT2D eigenvalue weighted by molar-refractivity contribution is 5.76. The van der Waals surface area contributed by atoms with Crippen LogP contribution in [0.3, 0.4) is 0 Å². The maximum atomic E-state index is 13.1. The number of carbonyl (C=O) groups is 1. The number of hydrogen-bond donors (Lipinski definition) is 7. The summed E-state index contributed by atoms with van der Waals surface area (Å²) in [6.07, 6.45) is -6.16. The minimum absolute atomic E-state index is 0.0931. The van der Waals surface area contributed by atoms with Crippen molar-refractivity contribution in [2.75, 3.05) is 25.0 Å². The van der Waals surface area contributed by atoms with Crippen LogP contribution >= 0.6 is 0 Å². The average molecular weight is 479 g/mol. The number of anilines is 1. The van der Waals surface area contributed by atoms with Gasteiger partial charge in [-0.05, 0) is 45.9 Å². The summed E-state index contributed by atoms with van der Waals surface area (Å²) in [4.78, 5) is 14.2. The molecule has 188 valence electrons. The Labute approximate surface area is 190 Å². The van der Waals surface area contributed by atoms with Gasteiger partial charge in [-0.2, -0.15) is 13.2 Å². The number of urea groups is 1. The van der Waals surface area contributed by atoms with Crippen LogP contribution in [0.25, 0.3) is 0 Å². The Kier molecular flexibility index (Phi) is 7.61. The van der Waals surface area contributed by atoms with Gasteiger partial charge in [-0.15, -0.1) is 0 Å². The van der Waals surface area contributed by atoms with E-state index >= 15 is 0 Å². The molecule has 2 amide bonds. The molecule has 33 heavy (non-hydrogen) atoms. The van der Waals surface area contributed by atoms with Crippen LogP contribution in [0.2, 0.25) is 0 Å². The number of aliphatic hydroxyl groups excluding tert-OH is 2. The number of hydrogen-bond acceptors (Lipinski definition) is 7. The van der Waals surface area contributed by atoms with Gasteiger partial charge in [0.25, 0.3) is 0 Å². The zero-order valence-electron chi connectivity index (χ0n) is 19.0. The van der Waals surface area contributed by atoms with E-state index in [4.69, 9.17) is 5.73 Å².